The second kappa shape index (κ2) is 13.7. The number of nitrogens with zero attached hydrogens (tertiary/aromatic N) is 4. The molecular weight excluding hydrogens is 521 g/mol. The van der Waals surface area contributed by atoms with Crippen LogP contribution >= 0.6 is 24.0 Å². The summed E-state index contributed by atoms with van der Waals surface area (Å²) in [5.41, 5.74) is 1.27. The lowest BCUT2D eigenvalue weighted by molar-refractivity contribution is -0.146. The minimum absolute atomic E-state index is 0. The van der Waals surface area contributed by atoms with Gasteiger partial charge in [0.2, 0.25) is 0 Å². The Bertz CT molecular complexity index is 715. The summed E-state index contributed by atoms with van der Waals surface area (Å²) in [5, 5.41) is 3.49. The summed E-state index contributed by atoms with van der Waals surface area (Å²) in [6.45, 7) is 7.95. The predicted octanol–water partition coefficient (Wildman–Crippen LogP) is 2.29. The summed E-state index contributed by atoms with van der Waals surface area (Å²) < 4.78 is 10.1. The van der Waals surface area contributed by atoms with Gasteiger partial charge >= 0.3 is 5.97 Å². The number of carbonyl (C=O) groups is 1. The van der Waals surface area contributed by atoms with Gasteiger partial charge < -0.3 is 24.6 Å². The van der Waals surface area contributed by atoms with E-state index in [-0.39, 0.29) is 35.9 Å². The lowest BCUT2D eigenvalue weighted by Crippen LogP contribution is -2.48. The van der Waals surface area contributed by atoms with Crippen LogP contribution in [0.3, 0.4) is 0 Å². The molecule has 0 spiro atoms. The summed E-state index contributed by atoms with van der Waals surface area (Å²) in [5.74, 6) is 1.77. The molecule has 9 heteroatoms. The monoisotopic (exact) mass is 559 g/mol. The molecule has 2 aliphatic rings. The number of benzene rings is 1. The van der Waals surface area contributed by atoms with Crippen LogP contribution in [-0.4, -0.2) is 95.4 Å². The minimum atomic E-state index is -0.0883. The van der Waals surface area contributed by atoms with Crippen LogP contribution in [0, 0.1) is 5.92 Å². The molecule has 0 saturated carbocycles. The molecule has 2 heterocycles. The number of halogens is 1. The zero-order valence-corrected chi connectivity index (χ0v) is 21.9. The number of likely N-dealkylation sites (tertiary alicyclic amines) is 1. The van der Waals surface area contributed by atoms with Gasteiger partial charge in [0.05, 0.1) is 20.1 Å². The Labute approximate surface area is 209 Å². The molecular formula is C23H38IN5O3. The molecule has 2 fully saturated rings. The quantitative estimate of drug-likeness (QED) is 0.181. The van der Waals surface area contributed by atoms with Crippen LogP contribution in [0.4, 0.5) is 5.69 Å². The highest BCUT2D eigenvalue weighted by Crippen LogP contribution is 2.21. The number of carbonyl (C=O) groups excluding carboxylic acids is 1. The number of methoxy groups -OCH3 is 2. The lowest BCUT2D eigenvalue weighted by Gasteiger charge is -2.36. The van der Waals surface area contributed by atoms with Crippen LogP contribution in [0.2, 0.25) is 0 Å². The fourth-order valence-electron chi connectivity index (χ4n) is 4.35. The molecule has 0 aliphatic carbocycles. The number of guanidine groups is 1. The normalized spacial score (nSPS) is 18.2. The van der Waals surface area contributed by atoms with Gasteiger partial charge in [-0.25, -0.2) is 0 Å². The smallest absolute Gasteiger partial charge is 0.308 e. The number of piperidine rings is 1. The third-order valence-corrected chi connectivity index (χ3v) is 6.28. The highest BCUT2D eigenvalue weighted by atomic mass is 127. The first-order chi connectivity index (χ1) is 15.1. The van der Waals surface area contributed by atoms with Gasteiger partial charge in [-0.1, -0.05) is 0 Å². The van der Waals surface area contributed by atoms with E-state index < -0.39 is 0 Å². The van der Waals surface area contributed by atoms with Gasteiger partial charge in [0.1, 0.15) is 5.75 Å². The molecule has 1 aromatic rings. The molecule has 0 amide bonds. The molecule has 2 saturated heterocycles. The Hall–Kier alpha value is -1.75. The van der Waals surface area contributed by atoms with E-state index in [1.54, 1.807) is 7.11 Å². The molecule has 1 N–H and O–H groups in total. The van der Waals surface area contributed by atoms with Crippen molar-refractivity contribution in [2.45, 2.75) is 19.3 Å². The summed E-state index contributed by atoms with van der Waals surface area (Å²) in [6, 6.07) is 8.33. The van der Waals surface area contributed by atoms with Crippen molar-refractivity contribution in [1.29, 1.82) is 0 Å². The van der Waals surface area contributed by atoms with Gasteiger partial charge in [-0.15, -0.1) is 24.0 Å². The van der Waals surface area contributed by atoms with Crippen LogP contribution in [0.25, 0.3) is 0 Å². The molecule has 0 unspecified atom stereocenters. The predicted molar refractivity (Wildman–Crippen MR) is 139 cm³/mol. The summed E-state index contributed by atoms with van der Waals surface area (Å²) >= 11 is 0. The minimum Gasteiger partial charge on any atom is -0.497 e. The Morgan fingerprint density at radius 3 is 2.28 bits per heavy atom. The zero-order chi connectivity index (χ0) is 22.1. The van der Waals surface area contributed by atoms with Crippen molar-refractivity contribution in [3.8, 4) is 5.75 Å². The highest BCUT2D eigenvalue weighted by Gasteiger charge is 2.27. The molecule has 180 valence electrons. The topological polar surface area (TPSA) is 69.6 Å². The Morgan fingerprint density at radius 2 is 1.72 bits per heavy atom. The van der Waals surface area contributed by atoms with Crippen molar-refractivity contribution in [2.75, 3.05) is 78.5 Å². The maximum absolute atomic E-state index is 11.7. The average Bonchev–Trinajstić information content (AvgIpc) is 2.84. The molecule has 0 atom stereocenters. The maximum atomic E-state index is 11.7. The largest absolute Gasteiger partial charge is 0.497 e. The summed E-state index contributed by atoms with van der Waals surface area (Å²) in [7, 11) is 4.99. The van der Waals surface area contributed by atoms with Crippen molar-refractivity contribution in [2.24, 2.45) is 10.9 Å². The van der Waals surface area contributed by atoms with Gasteiger partial charge in [0, 0.05) is 58.5 Å². The van der Waals surface area contributed by atoms with E-state index >= 15 is 0 Å². The fraction of sp³-hybridized carbons (Fsp3) is 0.652. The standard InChI is InChI=1S/C23H37N5O3.HI/c1-24-23(28-13-9-19(10-14-28)22(29)31-3)25-11-4-12-26-15-17-27(18-16-26)20-5-7-21(30-2)8-6-20;/h5-8,19H,4,9-18H2,1-3H3,(H,24,25);1H. The van der Waals surface area contributed by atoms with Crippen LogP contribution in [0.5, 0.6) is 5.75 Å². The number of nitrogens with one attached hydrogen (secondary N) is 1. The van der Waals surface area contributed by atoms with Crippen LogP contribution in [0.1, 0.15) is 19.3 Å². The van der Waals surface area contributed by atoms with E-state index in [4.69, 9.17) is 9.47 Å². The van der Waals surface area contributed by atoms with Crippen LogP contribution in [0.15, 0.2) is 29.3 Å². The van der Waals surface area contributed by atoms with Crippen molar-refractivity contribution in [3.05, 3.63) is 24.3 Å². The molecule has 0 aromatic heterocycles. The first kappa shape index (κ1) is 26.5. The third-order valence-electron chi connectivity index (χ3n) is 6.28. The number of hydrogen-bond acceptors (Lipinski definition) is 6. The van der Waals surface area contributed by atoms with Crippen molar-refractivity contribution in [3.63, 3.8) is 0 Å². The molecule has 0 radical (unpaired) electrons. The highest BCUT2D eigenvalue weighted by molar-refractivity contribution is 14.0. The number of anilines is 1. The van der Waals surface area contributed by atoms with E-state index in [0.717, 1.165) is 83.3 Å². The van der Waals surface area contributed by atoms with Gasteiger partial charge in [-0.05, 0) is 50.1 Å². The van der Waals surface area contributed by atoms with Crippen LogP contribution in [-0.2, 0) is 9.53 Å². The average molecular weight is 559 g/mol. The van der Waals surface area contributed by atoms with Crippen molar-refractivity contribution >= 4 is 41.6 Å². The molecule has 2 aliphatic heterocycles. The molecule has 32 heavy (non-hydrogen) atoms. The van der Waals surface area contributed by atoms with E-state index in [0.29, 0.717) is 0 Å². The third kappa shape index (κ3) is 7.40. The van der Waals surface area contributed by atoms with E-state index in [2.05, 4.69) is 37.1 Å². The first-order valence-corrected chi connectivity index (χ1v) is 11.3. The zero-order valence-electron chi connectivity index (χ0n) is 19.6. The van der Waals surface area contributed by atoms with E-state index in [1.165, 1.54) is 12.8 Å². The van der Waals surface area contributed by atoms with Crippen molar-refractivity contribution < 1.29 is 14.3 Å². The number of rotatable bonds is 7. The number of aliphatic imine (C=N–C) groups is 1. The molecule has 1 aromatic carbocycles. The molecule has 8 nitrogen and oxygen atoms in total. The Kier molecular flexibility index (Phi) is 11.4. The van der Waals surface area contributed by atoms with Crippen LogP contribution < -0.4 is 15.0 Å². The van der Waals surface area contributed by atoms with E-state index in [9.17, 15) is 4.79 Å². The maximum Gasteiger partial charge on any atom is 0.308 e. The first-order valence-electron chi connectivity index (χ1n) is 11.3. The number of ether oxygens (including phenoxy) is 2. The Morgan fingerprint density at radius 1 is 1.06 bits per heavy atom. The Balaban J connectivity index is 0.00000363. The van der Waals surface area contributed by atoms with Gasteiger partial charge in [0.15, 0.2) is 5.96 Å². The summed E-state index contributed by atoms with van der Waals surface area (Å²) in [4.78, 5) is 23.3. The second-order valence-corrected chi connectivity index (χ2v) is 8.14. The van der Waals surface area contributed by atoms with Gasteiger partial charge in [-0.2, -0.15) is 0 Å². The number of piperazine rings is 1. The van der Waals surface area contributed by atoms with Crippen molar-refractivity contribution in [1.82, 2.24) is 15.1 Å². The second-order valence-electron chi connectivity index (χ2n) is 8.14. The number of hydrogen-bond donors (Lipinski definition) is 1. The molecule has 0 bridgehead atoms. The van der Waals surface area contributed by atoms with Gasteiger partial charge in [-0.3, -0.25) is 14.7 Å². The van der Waals surface area contributed by atoms with E-state index in [1.807, 2.05) is 19.2 Å². The lowest BCUT2D eigenvalue weighted by atomic mass is 9.97. The SMILES string of the molecule is CN=C(NCCCN1CCN(c2ccc(OC)cc2)CC1)N1CCC(C(=O)OC)CC1.I. The molecule has 3 rings (SSSR count). The number of esters is 1. The summed E-state index contributed by atoms with van der Waals surface area (Å²) in [6.07, 6.45) is 2.73. The fourth-order valence-corrected chi connectivity index (χ4v) is 4.35. The van der Waals surface area contributed by atoms with Gasteiger partial charge in [0.25, 0.3) is 0 Å².